The number of carbonyl (C=O) groups excluding carboxylic acids is 2. The Hall–Kier alpha value is -2.63. The maximum atomic E-state index is 11.4. The molecule has 198 valence electrons. The molecule has 1 aromatic carbocycles. The molecule has 0 saturated heterocycles. The molecule has 1 saturated carbocycles. The number of hydrogen-bond donors (Lipinski definition) is 1. The molecule has 34 heavy (non-hydrogen) atoms. The van der Waals surface area contributed by atoms with Gasteiger partial charge in [0, 0.05) is 38.0 Å². The number of benzene rings is 1. The van der Waals surface area contributed by atoms with E-state index >= 15 is 0 Å². The first-order chi connectivity index (χ1) is 16.4. The number of hydrogen-bond acceptors (Lipinski definition) is 5. The van der Waals surface area contributed by atoms with Crippen LogP contribution in [-0.2, 0) is 9.53 Å². The Kier molecular flexibility index (Phi) is 32.3. The summed E-state index contributed by atoms with van der Waals surface area (Å²) >= 11 is 0. The third-order valence-corrected chi connectivity index (χ3v) is 3.96. The van der Waals surface area contributed by atoms with Gasteiger partial charge in [-0.1, -0.05) is 73.6 Å². The van der Waals surface area contributed by atoms with Crippen LogP contribution < -0.4 is 5.73 Å². The van der Waals surface area contributed by atoms with Gasteiger partial charge in [-0.15, -0.1) is 0 Å². The van der Waals surface area contributed by atoms with Crippen LogP contribution in [0, 0.1) is 0 Å². The van der Waals surface area contributed by atoms with E-state index in [2.05, 4.69) is 4.99 Å². The molecule has 0 aliphatic heterocycles. The SMILES string of the molecule is CC.CC.CC.CC.CCOC(=O)/C(N)=C1\CCCCC1=NC.CN(C)C(=O)c1ccccc1. The second-order valence-corrected chi connectivity index (χ2v) is 6.06. The standard InChI is InChI=1S/C11H18N2O2.C9H11NO.4C2H6/c1-3-15-11(14)10(12)8-6-4-5-7-9(8)13-2;1-10(2)9(11)8-6-4-3-5-7-8;4*1-2/h3-7,12H2,1-2H3;3-7H,1-2H3;4*1-2H3/b10-8-,13-9?;;;;;. The number of esters is 1. The molecule has 1 aliphatic rings. The van der Waals surface area contributed by atoms with Gasteiger partial charge in [0.2, 0.25) is 0 Å². The second kappa shape index (κ2) is 28.4. The van der Waals surface area contributed by atoms with Crippen LogP contribution in [0.15, 0.2) is 46.6 Å². The van der Waals surface area contributed by atoms with Gasteiger partial charge < -0.3 is 15.4 Å². The van der Waals surface area contributed by atoms with E-state index in [-0.39, 0.29) is 11.6 Å². The van der Waals surface area contributed by atoms with Crippen molar-refractivity contribution in [2.24, 2.45) is 10.7 Å². The van der Waals surface area contributed by atoms with E-state index in [4.69, 9.17) is 10.5 Å². The maximum Gasteiger partial charge on any atom is 0.354 e. The van der Waals surface area contributed by atoms with Crippen molar-refractivity contribution in [3.63, 3.8) is 0 Å². The Balaban J connectivity index is -0.000000209. The number of nitrogens with zero attached hydrogens (tertiary/aromatic N) is 2. The average Bonchev–Trinajstić information content (AvgIpc) is 2.93. The molecule has 0 heterocycles. The van der Waals surface area contributed by atoms with Gasteiger partial charge in [-0.3, -0.25) is 9.79 Å². The topological polar surface area (TPSA) is 85.0 Å². The van der Waals surface area contributed by atoms with Crippen LogP contribution in [-0.4, -0.2) is 50.2 Å². The van der Waals surface area contributed by atoms with Crippen molar-refractivity contribution in [3.8, 4) is 0 Å². The Morgan fingerprint density at radius 1 is 0.912 bits per heavy atom. The molecule has 0 unspecified atom stereocenters. The zero-order valence-electron chi connectivity index (χ0n) is 24.1. The van der Waals surface area contributed by atoms with Gasteiger partial charge in [-0.2, -0.15) is 0 Å². The summed E-state index contributed by atoms with van der Waals surface area (Å²) in [7, 11) is 5.23. The molecule has 1 fully saturated rings. The first-order valence-corrected chi connectivity index (χ1v) is 12.8. The Morgan fingerprint density at radius 2 is 1.38 bits per heavy atom. The van der Waals surface area contributed by atoms with Crippen molar-refractivity contribution in [2.45, 2.75) is 88.0 Å². The minimum atomic E-state index is -0.421. The Morgan fingerprint density at radius 3 is 1.79 bits per heavy atom. The summed E-state index contributed by atoms with van der Waals surface area (Å²) in [4.78, 5) is 28.4. The van der Waals surface area contributed by atoms with E-state index in [1.54, 1.807) is 33.0 Å². The van der Waals surface area contributed by atoms with Crippen molar-refractivity contribution >= 4 is 17.6 Å². The van der Waals surface area contributed by atoms with E-state index in [9.17, 15) is 9.59 Å². The largest absolute Gasteiger partial charge is 0.461 e. The van der Waals surface area contributed by atoms with Crippen LogP contribution in [0.5, 0.6) is 0 Å². The molecule has 0 atom stereocenters. The van der Waals surface area contributed by atoms with Crippen LogP contribution in [0.25, 0.3) is 0 Å². The highest BCUT2D eigenvalue weighted by atomic mass is 16.5. The van der Waals surface area contributed by atoms with Crippen molar-refractivity contribution in [3.05, 3.63) is 47.2 Å². The first kappa shape index (κ1) is 38.6. The Bertz CT molecular complexity index is 667. The van der Waals surface area contributed by atoms with Gasteiger partial charge in [-0.25, -0.2) is 4.79 Å². The summed E-state index contributed by atoms with van der Waals surface area (Å²) < 4.78 is 4.87. The normalized spacial score (nSPS) is 13.7. The quantitative estimate of drug-likeness (QED) is 0.377. The van der Waals surface area contributed by atoms with Crippen molar-refractivity contribution in [1.82, 2.24) is 4.90 Å². The molecule has 1 aromatic rings. The van der Waals surface area contributed by atoms with Gasteiger partial charge in [0.1, 0.15) is 5.70 Å². The summed E-state index contributed by atoms with van der Waals surface area (Å²) in [6, 6.07) is 9.23. The lowest BCUT2D eigenvalue weighted by Crippen LogP contribution is -2.22. The van der Waals surface area contributed by atoms with Crippen LogP contribution in [0.1, 0.15) is 98.4 Å². The van der Waals surface area contributed by atoms with Crippen LogP contribution in [0.2, 0.25) is 0 Å². The first-order valence-electron chi connectivity index (χ1n) is 12.8. The third kappa shape index (κ3) is 16.9. The number of allylic oxidation sites excluding steroid dienone is 1. The third-order valence-electron chi connectivity index (χ3n) is 3.96. The minimum absolute atomic E-state index is 0.0469. The lowest BCUT2D eigenvalue weighted by Gasteiger charge is -2.18. The predicted molar refractivity (Wildman–Crippen MR) is 150 cm³/mol. The molecule has 1 amide bonds. The monoisotopic (exact) mass is 479 g/mol. The van der Waals surface area contributed by atoms with E-state index in [1.165, 1.54) is 0 Å². The second-order valence-electron chi connectivity index (χ2n) is 6.06. The van der Waals surface area contributed by atoms with Gasteiger partial charge >= 0.3 is 5.97 Å². The van der Waals surface area contributed by atoms with Gasteiger partial charge in [0.05, 0.1) is 6.61 Å². The van der Waals surface area contributed by atoms with Gasteiger partial charge in [0.15, 0.2) is 0 Å². The lowest BCUT2D eigenvalue weighted by molar-refractivity contribution is -0.138. The summed E-state index contributed by atoms with van der Waals surface area (Å²) in [6.07, 6.45) is 3.92. The number of ether oxygens (including phenoxy) is 1. The molecule has 6 heteroatoms. The maximum absolute atomic E-state index is 11.4. The summed E-state index contributed by atoms with van der Waals surface area (Å²) in [5, 5.41) is 0. The number of amides is 1. The van der Waals surface area contributed by atoms with Crippen molar-refractivity contribution in [1.29, 1.82) is 0 Å². The summed E-state index contributed by atoms with van der Waals surface area (Å²) in [6.45, 7) is 18.1. The molecular formula is C28H53N3O3. The van der Waals surface area contributed by atoms with E-state index in [0.29, 0.717) is 6.61 Å². The number of nitrogens with two attached hydrogens (primary N) is 1. The number of carbonyl (C=O) groups is 2. The molecule has 0 spiro atoms. The molecule has 2 rings (SSSR count). The fourth-order valence-electron chi connectivity index (χ4n) is 2.60. The van der Waals surface area contributed by atoms with E-state index < -0.39 is 5.97 Å². The predicted octanol–water partition coefficient (Wildman–Crippen LogP) is 6.90. The molecule has 0 radical (unpaired) electrons. The summed E-state index contributed by atoms with van der Waals surface area (Å²) in [5.41, 5.74) is 8.56. The van der Waals surface area contributed by atoms with Crippen LogP contribution >= 0.6 is 0 Å². The zero-order chi connectivity index (χ0) is 27.5. The fraction of sp³-hybridized carbons (Fsp3) is 0.607. The highest BCUT2D eigenvalue weighted by Crippen LogP contribution is 2.22. The van der Waals surface area contributed by atoms with E-state index in [0.717, 1.165) is 42.5 Å². The minimum Gasteiger partial charge on any atom is -0.461 e. The molecule has 2 N–H and O–H groups in total. The average molecular weight is 480 g/mol. The molecule has 0 bridgehead atoms. The lowest BCUT2D eigenvalue weighted by atomic mass is 9.91. The highest BCUT2D eigenvalue weighted by molar-refractivity contribution is 6.06. The molecule has 6 nitrogen and oxygen atoms in total. The smallest absolute Gasteiger partial charge is 0.354 e. The molecular weight excluding hydrogens is 426 g/mol. The molecule has 0 aromatic heterocycles. The fourth-order valence-corrected chi connectivity index (χ4v) is 2.60. The number of rotatable bonds is 3. The summed E-state index contributed by atoms with van der Waals surface area (Å²) in [5.74, 6) is -0.374. The van der Waals surface area contributed by atoms with E-state index in [1.807, 2.05) is 85.7 Å². The zero-order valence-corrected chi connectivity index (χ0v) is 24.1. The van der Waals surface area contributed by atoms with Crippen molar-refractivity contribution < 1.29 is 14.3 Å². The molecule has 1 aliphatic carbocycles. The van der Waals surface area contributed by atoms with Crippen molar-refractivity contribution in [2.75, 3.05) is 27.7 Å². The van der Waals surface area contributed by atoms with Crippen LogP contribution in [0.3, 0.4) is 0 Å². The highest BCUT2D eigenvalue weighted by Gasteiger charge is 2.20. The van der Waals surface area contributed by atoms with Gasteiger partial charge in [-0.05, 0) is 44.7 Å². The van der Waals surface area contributed by atoms with Crippen LogP contribution in [0.4, 0.5) is 0 Å². The number of aliphatic imine (C=N–C) groups is 1. The van der Waals surface area contributed by atoms with Gasteiger partial charge in [0.25, 0.3) is 5.91 Å². The Labute approximate surface area is 210 Å².